The summed E-state index contributed by atoms with van der Waals surface area (Å²) in [6.45, 7) is 0.0664. The quantitative estimate of drug-likeness (QED) is 0.427. The fourth-order valence-electron chi connectivity index (χ4n) is 3.22. The van der Waals surface area contributed by atoms with Crippen molar-refractivity contribution in [1.29, 1.82) is 0 Å². The fraction of sp³-hybridized carbons (Fsp3) is 0.0952. The number of carbonyl (C=O) groups excluding carboxylic acids is 2. The van der Waals surface area contributed by atoms with Gasteiger partial charge in [-0.3, -0.25) is 14.6 Å². The molecule has 1 aliphatic rings. The first-order chi connectivity index (χ1) is 13.6. The summed E-state index contributed by atoms with van der Waals surface area (Å²) in [5.41, 5.74) is 0.707. The molecule has 0 radical (unpaired) electrons. The van der Waals surface area contributed by atoms with Crippen molar-refractivity contribution in [1.82, 2.24) is 9.88 Å². The molecule has 1 amide bonds. The Hall–Kier alpha value is -3.74. The van der Waals surface area contributed by atoms with Crippen LogP contribution in [0, 0.1) is 5.82 Å². The summed E-state index contributed by atoms with van der Waals surface area (Å²) >= 11 is 0. The van der Waals surface area contributed by atoms with Crippen molar-refractivity contribution in [3.63, 3.8) is 0 Å². The predicted octanol–water partition coefficient (Wildman–Crippen LogP) is 3.44. The van der Waals surface area contributed by atoms with E-state index < -0.39 is 23.5 Å². The highest BCUT2D eigenvalue weighted by Crippen LogP contribution is 2.40. The van der Waals surface area contributed by atoms with Gasteiger partial charge in [-0.25, -0.2) is 4.39 Å². The van der Waals surface area contributed by atoms with Crippen LogP contribution in [0.1, 0.15) is 23.1 Å². The van der Waals surface area contributed by atoms with Crippen molar-refractivity contribution >= 4 is 17.4 Å². The monoisotopic (exact) mass is 378 g/mol. The maximum Gasteiger partial charge on any atom is 0.296 e. The second kappa shape index (κ2) is 7.11. The zero-order valence-corrected chi connectivity index (χ0v) is 14.6. The molecule has 3 aromatic rings. The number of hydrogen-bond donors (Lipinski definition) is 1. The Balaban J connectivity index is 1.83. The Kier molecular flexibility index (Phi) is 4.49. The average Bonchev–Trinajstić information content (AvgIpc) is 3.32. The number of pyridine rings is 1. The summed E-state index contributed by atoms with van der Waals surface area (Å²) in [5.74, 6) is -2.13. The van der Waals surface area contributed by atoms with E-state index in [1.165, 1.54) is 35.4 Å². The van der Waals surface area contributed by atoms with Gasteiger partial charge < -0.3 is 14.4 Å². The predicted molar refractivity (Wildman–Crippen MR) is 97.2 cm³/mol. The van der Waals surface area contributed by atoms with Crippen LogP contribution in [0.4, 0.5) is 4.39 Å². The number of hydrogen-bond acceptors (Lipinski definition) is 5. The summed E-state index contributed by atoms with van der Waals surface area (Å²) in [5, 5.41) is 10.8. The first-order valence-corrected chi connectivity index (χ1v) is 8.54. The molecule has 2 aromatic heterocycles. The van der Waals surface area contributed by atoms with E-state index in [0.29, 0.717) is 11.5 Å². The molecular weight excluding hydrogens is 363 g/mol. The standard InChI is InChI=1S/C21H15FN2O4/c22-14-8-6-13(7-9-14)19(25)17-18(16-5-3-11-28-16)24(21(27)20(17)26)12-15-4-1-2-10-23-15/h1-11,18,25H,12H2/b19-17-. The minimum atomic E-state index is -0.915. The van der Waals surface area contributed by atoms with Gasteiger partial charge in [0.05, 0.1) is 24.1 Å². The molecule has 0 bridgehead atoms. The number of Topliss-reactive ketones (excluding diaryl/α,β-unsaturated/α-hetero) is 1. The number of aliphatic hydroxyl groups excluding tert-OH is 1. The highest BCUT2D eigenvalue weighted by atomic mass is 19.1. The van der Waals surface area contributed by atoms with Crippen LogP contribution in [-0.2, 0) is 16.1 Å². The van der Waals surface area contributed by atoms with Crippen molar-refractivity contribution in [2.45, 2.75) is 12.6 Å². The van der Waals surface area contributed by atoms with Gasteiger partial charge in [-0.1, -0.05) is 6.07 Å². The summed E-state index contributed by atoms with van der Waals surface area (Å²) in [6, 6.07) is 12.6. The Morgan fingerprint density at radius 1 is 1.11 bits per heavy atom. The third kappa shape index (κ3) is 3.07. The molecule has 1 N–H and O–H groups in total. The second-order valence-corrected chi connectivity index (χ2v) is 6.27. The van der Waals surface area contributed by atoms with Crippen LogP contribution in [0.5, 0.6) is 0 Å². The molecule has 140 valence electrons. The first-order valence-electron chi connectivity index (χ1n) is 8.54. The van der Waals surface area contributed by atoms with Gasteiger partial charge in [-0.2, -0.15) is 0 Å². The van der Waals surface area contributed by atoms with Gasteiger partial charge in [0.1, 0.15) is 23.4 Å². The SMILES string of the molecule is O=C1C(=O)N(Cc2ccccn2)C(c2ccco2)/C1=C(/O)c1ccc(F)cc1. The molecule has 6 nitrogen and oxygen atoms in total. The molecule has 28 heavy (non-hydrogen) atoms. The zero-order valence-electron chi connectivity index (χ0n) is 14.6. The minimum Gasteiger partial charge on any atom is -0.507 e. The minimum absolute atomic E-state index is 0.0664. The number of ketones is 1. The normalized spacial score (nSPS) is 18.6. The van der Waals surface area contributed by atoms with Crippen LogP contribution in [0.25, 0.3) is 5.76 Å². The Morgan fingerprint density at radius 2 is 1.89 bits per heavy atom. The van der Waals surface area contributed by atoms with Crippen molar-refractivity contribution in [3.05, 3.63) is 95.5 Å². The molecule has 1 unspecified atom stereocenters. The Labute approximate surface area is 159 Å². The van der Waals surface area contributed by atoms with Gasteiger partial charge in [0.25, 0.3) is 11.7 Å². The number of nitrogens with zero attached hydrogens (tertiary/aromatic N) is 2. The lowest BCUT2D eigenvalue weighted by molar-refractivity contribution is -0.140. The maximum absolute atomic E-state index is 13.2. The fourth-order valence-corrected chi connectivity index (χ4v) is 3.22. The van der Waals surface area contributed by atoms with E-state index in [1.54, 1.807) is 36.5 Å². The van der Waals surface area contributed by atoms with Crippen LogP contribution in [0.15, 0.2) is 77.0 Å². The van der Waals surface area contributed by atoms with Crippen molar-refractivity contribution < 1.29 is 23.5 Å². The number of aromatic nitrogens is 1. The van der Waals surface area contributed by atoms with E-state index >= 15 is 0 Å². The van der Waals surface area contributed by atoms with Gasteiger partial charge in [-0.05, 0) is 48.5 Å². The number of benzene rings is 1. The number of halogens is 1. The zero-order chi connectivity index (χ0) is 19.7. The van der Waals surface area contributed by atoms with Crippen LogP contribution in [0.2, 0.25) is 0 Å². The van der Waals surface area contributed by atoms with Gasteiger partial charge in [0.15, 0.2) is 0 Å². The Morgan fingerprint density at radius 3 is 2.54 bits per heavy atom. The van der Waals surface area contributed by atoms with Gasteiger partial charge in [0.2, 0.25) is 0 Å². The molecule has 7 heteroatoms. The number of likely N-dealkylation sites (tertiary alicyclic amines) is 1. The van der Waals surface area contributed by atoms with Crippen LogP contribution in [0.3, 0.4) is 0 Å². The Bertz CT molecular complexity index is 1040. The number of amides is 1. The number of furan rings is 1. The first kappa shape index (κ1) is 17.7. The van der Waals surface area contributed by atoms with Crippen LogP contribution in [-0.4, -0.2) is 26.7 Å². The number of carbonyl (C=O) groups is 2. The molecule has 0 aliphatic carbocycles. The van der Waals surface area contributed by atoms with Gasteiger partial charge in [-0.15, -0.1) is 0 Å². The van der Waals surface area contributed by atoms with E-state index in [0.717, 1.165) is 0 Å². The van der Waals surface area contributed by atoms with Gasteiger partial charge in [0, 0.05) is 11.8 Å². The lowest BCUT2D eigenvalue weighted by Crippen LogP contribution is -2.29. The molecule has 4 rings (SSSR count). The molecule has 1 aromatic carbocycles. The topological polar surface area (TPSA) is 83.6 Å². The van der Waals surface area contributed by atoms with Crippen LogP contribution >= 0.6 is 0 Å². The number of rotatable bonds is 4. The summed E-state index contributed by atoms with van der Waals surface area (Å²) in [4.78, 5) is 31.0. The van der Waals surface area contributed by atoms with E-state index in [-0.39, 0.29) is 23.4 Å². The van der Waals surface area contributed by atoms with E-state index in [1.807, 2.05) is 0 Å². The lowest BCUT2D eigenvalue weighted by Gasteiger charge is -2.22. The molecular formula is C21H15FN2O4. The highest BCUT2D eigenvalue weighted by Gasteiger charge is 2.47. The third-order valence-electron chi connectivity index (χ3n) is 4.53. The van der Waals surface area contributed by atoms with Gasteiger partial charge >= 0.3 is 0 Å². The summed E-state index contributed by atoms with van der Waals surface area (Å²) < 4.78 is 18.7. The summed E-state index contributed by atoms with van der Waals surface area (Å²) in [6.07, 6.45) is 3.01. The second-order valence-electron chi connectivity index (χ2n) is 6.27. The third-order valence-corrected chi connectivity index (χ3v) is 4.53. The smallest absolute Gasteiger partial charge is 0.296 e. The van der Waals surface area contributed by atoms with E-state index in [9.17, 15) is 19.1 Å². The van der Waals surface area contributed by atoms with Crippen molar-refractivity contribution in [3.8, 4) is 0 Å². The van der Waals surface area contributed by atoms with Crippen molar-refractivity contribution in [2.24, 2.45) is 0 Å². The molecule has 1 fully saturated rings. The molecule has 1 atom stereocenters. The van der Waals surface area contributed by atoms with Crippen molar-refractivity contribution in [2.75, 3.05) is 0 Å². The van der Waals surface area contributed by atoms with Crippen LogP contribution < -0.4 is 0 Å². The summed E-state index contributed by atoms with van der Waals surface area (Å²) in [7, 11) is 0. The van der Waals surface area contributed by atoms with E-state index in [2.05, 4.69) is 4.98 Å². The molecule has 1 saturated heterocycles. The molecule has 3 heterocycles. The average molecular weight is 378 g/mol. The largest absolute Gasteiger partial charge is 0.507 e. The highest BCUT2D eigenvalue weighted by molar-refractivity contribution is 6.46. The number of aliphatic hydroxyl groups is 1. The molecule has 0 saturated carbocycles. The molecule has 0 spiro atoms. The maximum atomic E-state index is 13.2. The lowest BCUT2D eigenvalue weighted by atomic mass is 9.99. The molecule has 1 aliphatic heterocycles. The van der Waals surface area contributed by atoms with E-state index in [4.69, 9.17) is 4.42 Å².